The van der Waals surface area contributed by atoms with Gasteiger partial charge in [0.05, 0.1) is 6.54 Å². The van der Waals surface area contributed by atoms with Crippen molar-refractivity contribution in [3.05, 3.63) is 35.4 Å². The minimum Gasteiger partial charge on any atom is -0.306 e. The number of hydrogen-bond acceptors (Lipinski definition) is 1. The van der Waals surface area contributed by atoms with E-state index >= 15 is 0 Å². The van der Waals surface area contributed by atoms with Crippen LogP contribution in [0.2, 0.25) is 0 Å². The molecule has 1 nitrogen and oxygen atoms in total. The predicted octanol–water partition coefficient (Wildman–Crippen LogP) is 2.12. The minimum absolute atomic E-state index is 0.529. The maximum absolute atomic E-state index is 12.8. The van der Waals surface area contributed by atoms with E-state index in [0.29, 0.717) is 25.1 Å². The summed E-state index contributed by atoms with van der Waals surface area (Å²) in [5.41, 5.74) is 0.657. The van der Waals surface area contributed by atoms with Crippen LogP contribution < -0.4 is 5.32 Å². The summed E-state index contributed by atoms with van der Waals surface area (Å²) in [6.45, 7) is 3.04. The van der Waals surface area contributed by atoms with Gasteiger partial charge in [0.1, 0.15) is 11.6 Å². The molecule has 0 aromatic heterocycles. The predicted molar refractivity (Wildman–Crippen MR) is 56.4 cm³/mol. The monoisotopic (exact) mass is 209 g/mol. The highest BCUT2D eigenvalue weighted by Gasteiger charge is 1.99. The van der Waals surface area contributed by atoms with Gasteiger partial charge in [-0.1, -0.05) is 5.92 Å². The summed E-state index contributed by atoms with van der Waals surface area (Å²) in [5, 5.41) is 3.06. The van der Waals surface area contributed by atoms with Crippen LogP contribution in [0.25, 0.3) is 0 Å². The normalized spacial score (nSPS) is 9.53. The summed E-state index contributed by atoms with van der Waals surface area (Å²) in [5.74, 6) is 4.54. The summed E-state index contributed by atoms with van der Waals surface area (Å²) in [6.07, 6.45) is 0.597. The number of hydrogen-bond donors (Lipinski definition) is 1. The largest absolute Gasteiger partial charge is 0.306 e. The summed E-state index contributed by atoms with van der Waals surface area (Å²) in [6, 6.07) is 3.56. The third kappa shape index (κ3) is 4.57. The first kappa shape index (κ1) is 11.7. The Morgan fingerprint density at radius 2 is 1.87 bits per heavy atom. The molecule has 0 aliphatic heterocycles. The first-order valence-corrected chi connectivity index (χ1v) is 4.77. The van der Waals surface area contributed by atoms with Crippen LogP contribution in [-0.4, -0.2) is 13.1 Å². The van der Waals surface area contributed by atoms with Crippen LogP contribution in [0, 0.1) is 23.5 Å². The zero-order valence-electron chi connectivity index (χ0n) is 8.61. The highest BCUT2D eigenvalue weighted by molar-refractivity contribution is 5.18. The van der Waals surface area contributed by atoms with Crippen LogP contribution >= 0.6 is 0 Å². The maximum atomic E-state index is 12.8. The van der Waals surface area contributed by atoms with E-state index in [1.54, 1.807) is 6.92 Å². The highest BCUT2D eigenvalue weighted by Crippen LogP contribution is 2.07. The van der Waals surface area contributed by atoms with Gasteiger partial charge in [-0.25, -0.2) is 8.78 Å². The molecule has 0 aliphatic rings. The third-order valence-corrected chi connectivity index (χ3v) is 1.90. The molecule has 0 radical (unpaired) electrons. The molecule has 0 saturated carbocycles. The van der Waals surface area contributed by atoms with Gasteiger partial charge in [-0.05, 0) is 31.0 Å². The second-order valence-corrected chi connectivity index (χ2v) is 3.13. The van der Waals surface area contributed by atoms with Crippen LogP contribution in [0.5, 0.6) is 0 Å². The van der Waals surface area contributed by atoms with Gasteiger partial charge in [0.25, 0.3) is 0 Å². The molecule has 0 amide bonds. The molecule has 1 N–H and O–H groups in total. The molecule has 1 aromatic carbocycles. The second-order valence-electron chi connectivity index (χ2n) is 3.13. The van der Waals surface area contributed by atoms with Crippen LogP contribution in [0.4, 0.5) is 8.78 Å². The van der Waals surface area contributed by atoms with Crippen molar-refractivity contribution in [3.63, 3.8) is 0 Å². The molecule has 0 saturated heterocycles. The van der Waals surface area contributed by atoms with E-state index in [1.165, 1.54) is 12.1 Å². The van der Waals surface area contributed by atoms with E-state index < -0.39 is 11.6 Å². The molecule has 0 bridgehead atoms. The van der Waals surface area contributed by atoms with Gasteiger partial charge in [0, 0.05) is 12.6 Å². The molecule has 0 fully saturated rings. The molecule has 3 heteroatoms. The Hall–Kier alpha value is -1.40. The van der Waals surface area contributed by atoms with Crippen LogP contribution in [0.1, 0.15) is 12.5 Å². The molecular formula is C12H13F2N. The fraction of sp³-hybridized carbons (Fsp3) is 0.333. The van der Waals surface area contributed by atoms with Gasteiger partial charge in [-0.15, -0.1) is 5.92 Å². The van der Waals surface area contributed by atoms with E-state index in [-0.39, 0.29) is 0 Å². The van der Waals surface area contributed by atoms with Crippen molar-refractivity contribution in [1.82, 2.24) is 5.32 Å². The van der Waals surface area contributed by atoms with Crippen molar-refractivity contribution >= 4 is 0 Å². The van der Waals surface area contributed by atoms with E-state index in [0.717, 1.165) is 6.07 Å². The zero-order chi connectivity index (χ0) is 11.1. The molecule has 0 heterocycles. The Bertz CT molecular complexity index is 357. The van der Waals surface area contributed by atoms with Crippen molar-refractivity contribution in [1.29, 1.82) is 0 Å². The Labute approximate surface area is 88.5 Å². The Balaban J connectivity index is 2.39. The average Bonchev–Trinajstić information content (AvgIpc) is 2.16. The standard InChI is InChI=1S/C12H13F2N/c1-2-3-5-15-6-4-10-7-11(13)9-12(14)8-10/h7-9,15H,4-6H2,1H3. The van der Waals surface area contributed by atoms with Crippen LogP contribution in [0.15, 0.2) is 18.2 Å². The number of rotatable bonds is 4. The Morgan fingerprint density at radius 1 is 1.20 bits per heavy atom. The lowest BCUT2D eigenvalue weighted by Crippen LogP contribution is -2.17. The van der Waals surface area contributed by atoms with Gasteiger partial charge in [0.2, 0.25) is 0 Å². The lowest BCUT2D eigenvalue weighted by molar-refractivity contribution is 0.578. The Kier molecular flexibility index (Phi) is 4.79. The molecule has 0 aliphatic carbocycles. The third-order valence-electron chi connectivity index (χ3n) is 1.90. The zero-order valence-corrected chi connectivity index (χ0v) is 8.61. The van der Waals surface area contributed by atoms with Crippen molar-refractivity contribution in [3.8, 4) is 11.8 Å². The number of halogens is 2. The van der Waals surface area contributed by atoms with Gasteiger partial charge >= 0.3 is 0 Å². The van der Waals surface area contributed by atoms with Crippen molar-refractivity contribution < 1.29 is 8.78 Å². The van der Waals surface area contributed by atoms with Crippen molar-refractivity contribution in [2.24, 2.45) is 0 Å². The maximum Gasteiger partial charge on any atom is 0.126 e. The first-order valence-electron chi connectivity index (χ1n) is 4.77. The fourth-order valence-electron chi connectivity index (χ4n) is 1.23. The molecule has 0 unspecified atom stereocenters. The summed E-state index contributed by atoms with van der Waals surface area (Å²) < 4.78 is 25.6. The molecule has 0 spiro atoms. The first-order chi connectivity index (χ1) is 7.22. The van der Waals surface area contributed by atoms with Gasteiger partial charge in [-0.2, -0.15) is 0 Å². The second kappa shape index (κ2) is 6.15. The molecule has 80 valence electrons. The SMILES string of the molecule is CC#CCNCCc1cc(F)cc(F)c1. The summed E-state index contributed by atoms with van der Waals surface area (Å²) in [4.78, 5) is 0. The van der Waals surface area contributed by atoms with Crippen LogP contribution in [0.3, 0.4) is 0 Å². The van der Waals surface area contributed by atoms with E-state index in [1.807, 2.05) is 0 Å². The van der Waals surface area contributed by atoms with Gasteiger partial charge in [0.15, 0.2) is 0 Å². The van der Waals surface area contributed by atoms with Gasteiger partial charge < -0.3 is 5.32 Å². The van der Waals surface area contributed by atoms with Gasteiger partial charge in [-0.3, -0.25) is 0 Å². The molecule has 0 atom stereocenters. The quantitative estimate of drug-likeness (QED) is 0.591. The minimum atomic E-state index is -0.529. The molecule has 1 rings (SSSR count). The molecule has 15 heavy (non-hydrogen) atoms. The lowest BCUT2D eigenvalue weighted by Gasteiger charge is -2.02. The van der Waals surface area contributed by atoms with Crippen molar-refractivity contribution in [2.45, 2.75) is 13.3 Å². The highest BCUT2D eigenvalue weighted by atomic mass is 19.1. The topological polar surface area (TPSA) is 12.0 Å². The molecule has 1 aromatic rings. The number of nitrogens with one attached hydrogen (secondary N) is 1. The summed E-state index contributed by atoms with van der Waals surface area (Å²) in [7, 11) is 0. The summed E-state index contributed by atoms with van der Waals surface area (Å²) >= 11 is 0. The smallest absolute Gasteiger partial charge is 0.126 e. The molecular weight excluding hydrogens is 196 g/mol. The van der Waals surface area contributed by atoms with E-state index in [2.05, 4.69) is 17.2 Å². The van der Waals surface area contributed by atoms with Crippen LogP contribution in [-0.2, 0) is 6.42 Å². The lowest BCUT2D eigenvalue weighted by atomic mass is 10.1. The van der Waals surface area contributed by atoms with E-state index in [9.17, 15) is 8.78 Å². The Morgan fingerprint density at radius 3 is 2.47 bits per heavy atom. The van der Waals surface area contributed by atoms with E-state index in [4.69, 9.17) is 0 Å². The van der Waals surface area contributed by atoms with Crippen molar-refractivity contribution in [2.75, 3.05) is 13.1 Å². The fourth-order valence-corrected chi connectivity index (χ4v) is 1.23. The average molecular weight is 209 g/mol. The number of benzene rings is 1.